The predicted octanol–water partition coefficient (Wildman–Crippen LogP) is 2.22. The van der Waals surface area contributed by atoms with Gasteiger partial charge < -0.3 is 11.1 Å². The molecule has 0 saturated carbocycles. The van der Waals surface area contributed by atoms with E-state index in [4.69, 9.17) is 5.73 Å². The van der Waals surface area contributed by atoms with E-state index < -0.39 is 0 Å². The van der Waals surface area contributed by atoms with Crippen molar-refractivity contribution in [3.05, 3.63) is 53.9 Å². The predicted molar refractivity (Wildman–Crippen MR) is 67.8 cm³/mol. The van der Waals surface area contributed by atoms with Crippen molar-refractivity contribution in [1.29, 1.82) is 0 Å². The highest BCUT2D eigenvalue weighted by Gasteiger charge is 2.10. The van der Waals surface area contributed by atoms with Gasteiger partial charge in [0, 0.05) is 11.9 Å². The van der Waals surface area contributed by atoms with Crippen LogP contribution in [-0.4, -0.2) is 10.9 Å². The highest BCUT2D eigenvalue weighted by Crippen LogP contribution is 2.17. The van der Waals surface area contributed by atoms with Gasteiger partial charge in [0.1, 0.15) is 0 Å². The topological polar surface area (TPSA) is 68.0 Å². The van der Waals surface area contributed by atoms with Crippen molar-refractivity contribution in [2.45, 2.75) is 6.92 Å². The summed E-state index contributed by atoms with van der Waals surface area (Å²) in [6.45, 7) is 1.87. The van der Waals surface area contributed by atoms with E-state index in [0.29, 0.717) is 16.9 Å². The molecule has 0 radical (unpaired) electrons. The molecule has 0 aliphatic rings. The summed E-state index contributed by atoms with van der Waals surface area (Å²) in [5, 5.41) is 2.74. The average molecular weight is 227 g/mol. The van der Waals surface area contributed by atoms with Crippen molar-refractivity contribution >= 4 is 17.3 Å². The van der Waals surface area contributed by atoms with Crippen LogP contribution >= 0.6 is 0 Å². The summed E-state index contributed by atoms with van der Waals surface area (Å²) in [6.07, 6.45) is 3.24. The number of aromatic nitrogens is 1. The number of nitrogens with two attached hydrogens (primary N) is 1. The van der Waals surface area contributed by atoms with E-state index in [-0.39, 0.29) is 5.91 Å². The third-order valence-electron chi connectivity index (χ3n) is 2.49. The molecule has 4 heteroatoms. The molecule has 1 heterocycles. The largest absolute Gasteiger partial charge is 0.398 e. The van der Waals surface area contributed by atoms with Crippen LogP contribution in [0.3, 0.4) is 0 Å². The molecule has 0 aliphatic heterocycles. The molecule has 86 valence electrons. The zero-order valence-electron chi connectivity index (χ0n) is 9.47. The Kier molecular flexibility index (Phi) is 3.05. The molecule has 0 atom stereocenters. The van der Waals surface area contributed by atoms with Gasteiger partial charge in [0.25, 0.3) is 5.91 Å². The highest BCUT2D eigenvalue weighted by molar-refractivity contribution is 6.08. The number of pyridine rings is 1. The second-order valence-electron chi connectivity index (χ2n) is 3.73. The smallest absolute Gasteiger partial charge is 0.257 e. The molecular formula is C13H13N3O. The van der Waals surface area contributed by atoms with E-state index in [9.17, 15) is 4.79 Å². The third kappa shape index (κ3) is 2.42. The number of nitrogen functional groups attached to an aromatic ring is 1. The SMILES string of the molecule is Cc1cccc(C(=O)Nc2cccnc2)c1N. The highest BCUT2D eigenvalue weighted by atomic mass is 16.1. The van der Waals surface area contributed by atoms with Crippen LogP contribution < -0.4 is 11.1 Å². The first kappa shape index (κ1) is 11.1. The first-order valence-corrected chi connectivity index (χ1v) is 5.25. The number of carbonyl (C=O) groups is 1. The molecule has 17 heavy (non-hydrogen) atoms. The number of anilines is 2. The standard InChI is InChI=1S/C13H13N3O/c1-9-4-2-6-11(12(9)14)13(17)16-10-5-3-7-15-8-10/h2-8H,14H2,1H3,(H,16,17). The lowest BCUT2D eigenvalue weighted by Gasteiger charge is -2.08. The fraction of sp³-hybridized carbons (Fsp3) is 0.0769. The summed E-state index contributed by atoms with van der Waals surface area (Å²) in [7, 11) is 0. The molecule has 4 nitrogen and oxygen atoms in total. The maximum Gasteiger partial charge on any atom is 0.257 e. The number of para-hydroxylation sites is 1. The monoisotopic (exact) mass is 227 g/mol. The van der Waals surface area contributed by atoms with E-state index in [2.05, 4.69) is 10.3 Å². The maximum atomic E-state index is 12.0. The van der Waals surface area contributed by atoms with E-state index >= 15 is 0 Å². The first-order valence-electron chi connectivity index (χ1n) is 5.25. The number of nitrogens with zero attached hydrogens (tertiary/aromatic N) is 1. The number of aryl methyl sites for hydroxylation is 1. The van der Waals surface area contributed by atoms with Gasteiger partial charge in [-0.3, -0.25) is 9.78 Å². The molecule has 1 amide bonds. The lowest BCUT2D eigenvalue weighted by Crippen LogP contribution is -2.14. The summed E-state index contributed by atoms with van der Waals surface area (Å²) in [4.78, 5) is 15.9. The van der Waals surface area contributed by atoms with Crippen LogP contribution in [0.25, 0.3) is 0 Å². The summed E-state index contributed by atoms with van der Waals surface area (Å²) >= 11 is 0. The van der Waals surface area contributed by atoms with Crippen molar-refractivity contribution < 1.29 is 4.79 Å². The molecule has 1 aromatic carbocycles. The summed E-state index contributed by atoms with van der Waals surface area (Å²) < 4.78 is 0. The maximum absolute atomic E-state index is 12.0. The van der Waals surface area contributed by atoms with E-state index in [1.807, 2.05) is 19.1 Å². The number of benzene rings is 1. The number of nitrogens with one attached hydrogen (secondary N) is 1. The number of amides is 1. The molecule has 0 unspecified atom stereocenters. The van der Waals surface area contributed by atoms with Crippen LogP contribution in [0.2, 0.25) is 0 Å². The van der Waals surface area contributed by atoms with Crippen LogP contribution in [0.5, 0.6) is 0 Å². The number of carbonyl (C=O) groups excluding carboxylic acids is 1. The second-order valence-corrected chi connectivity index (χ2v) is 3.73. The van der Waals surface area contributed by atoms with Crippen molar-refractivity contribution in [2.24, 2.45) is 0 Å². The zero-order valence-corrected chi connectivity index (χ0v) is 9.47. The van der Waals surface area contributed by atoms with E-state index in [1.165, 1.54) is 0 Å². The molecule has 2 aromatic rings. The average Bonchev–Trinajstić information content (AvgIpc) is 2.34. The Hall–Kier alpha value is -2.36. The van der Waals surface area contributed by atoms with Gasteiger partial charge in [0.15, 0.2) is 0 Å². The normalized spacial score (nSPS) is 9.94. The van der Waals surface area contributed by atoms with Gasteiger partial charge in [-0.2, -0.15) is 0 Å². The van der Waals surface area contributed by atoms with Gasteiger partial charge in [-0.05, 0) is 30.7 Å². The minimum Gasteiger partial charge on any atom is -0.398 e. The molecule has 0 bridgehead atoms. The van der Waals surface area contributed by atoms with Crippen LogP contribution in [0.4, 0.5) is 11.4 Å². The third-order valence-corrected chi connectivity index (χ3v) is 2.49. The second kappa shape index (κ2) is 4.65. The summed E-state index contributed by atoms with van der Waals surface area (Å²) in [6, 6.07) is 8.92. The van der Waals surface area contributed by atoms with Gasteiger partial charge in [-0.15, -0.1) is 0 Å². The Morgan fingerprint density at radius 1 is 1.29 bits per heavy atom. The number of hydrogen-bond donors (Lipinski definition) is 2. The Morgan fingerprint density at radius 2 is 2.12 bits per heavy atom. The fourth-order valence-corrected chi connectivity index (χ4v) is 1.51. The minimum absolute atomic E-state index is 0.223. The lowest BCUT2D eigenvalue weighted by molar-refractivity contribution is 0.102. The molecule has 0 aliphatic carbocycles. The Labute approximate surface area is 99.5 Å². The van der Waals surface area contributed by atoms with Crippen molar-refractivity contribution in [2.75, 3.05) is 11.1 Å². The van der Waals surface area contributed by atoms with Gasteiger partial charge in [-0.1, -0.05) is 12.1 Å². The van der Waals surface area contributed by atoms with Crippen LogP contribution in [0, 0.1) is 6.92 Å². The molecule has 2 rings (SSSR count). The van der Waals surface area contributed by atoms with Crippen molar-refractivity contribution in [3.8, 4) is 0 Å². The molecule has 0 saturated heterocycles. The Morgan fingerprint density at radius 3 is 2.82 bits per heavy atom. The lowest BCUT2D eigenvalue weighted by atomic mass is 10.1. The van der Waals surface area contributed by atoms with Gasteiger partial charge >= 0.3 is 0 Å². The van der Waals surface area contributed by atoms with Gasteiger partial charge in [-0.25, -0.2) is 0 Å². The molecule has 0 spiro atoms. The van der Waals surface area contributed by atoms with Crippen LogP contribution in [-0.2, 0) is 0 Å². The Balaban J connectivity index is 2.24. The van der Waals surface area contributed by atoms with E-state index in [1.54, 1.807) is 30.6 Å². The Bertz CT molecular complexity index is 538. The first-order chi connectivity index (χ1) is 8.18. The summed E-state index contributed by atoms with van der Waals surface area (Å²) in [5.74, 6) is -0.223. The van der Waals surface area contributed by atoms with E-state index in [0.717, 1.165) is 5.56 Å². The van der Waals surface area contributed by atoms with Crippen LogP contribution in [0.15, 0.2) is 42.7 Å². The quantitative estimate of drug-likeness (QED) is 0.773. The molecule has 0 fully saturated rings. The van der Waals surface area contributed by atoms with Gasteiger partial charge in [0.2, 0.25) is 0 Å². The molecule has 3 N–H and O–H groups in total. The van der Waals surface area contributed by atoms with Crippen LogP contribution in [0.1, 0.15) is 15.9 Å². The number of hydrogen-bond acceptors (Lipinski definition) is 3. The fourth-order valence-electron chi connectivity index (χ4n) is 1.51. The van der Waals surface area contributed by atoms with Crippen molar-refractivity contribution in [3.63, 3.8) is 0 Å². The van der Waals surface area contributed by atoms with Crippen molar-refractivity contribution in [1.82, 2.24) is 4.98 Å². The number of rotatable bonds is 2. The molecule has 1 aromatic heterocycles. The molecular weight excluding hydrogens is 214 g/mol. The zero-order chi connectivity index (χ0) is 12.3. The summed E-state index contributed by atoms with van der Waals surface area (Å²) in [5.41, 5.74) is 8.39. The minimum atomic E-state index is -0.223. The van der Waals surface area contributed by atoms with Gasteiger partial charge in [0.05, 0.1) is 17.4 Å².